The summed E-state index contributed by atoms with van der Waals surface area (Å²) in [4.78, 5) is 0. The molecule has 0 amide bonds. The molecule has 1 heteroatoms. The van der Waals surface area contributed by atoms with Gasteiger partial charge >= 0.3 is 0 Å². The maximum absolute atomic E-state index is 10.1. The highest BCUT2D eigenvalue weighted by Crippen LogP contribution is 2.31. The molecule has 1 rings (SSSR count). The molecule has 0 aromatic heterocycles. The largest absolute Gasteiger partial charge is 0.390 e. The van der Waals surface area contributed by atoms with Gasteiger partial charge in [-0.25, -0.2) is 0 Å². The van der Waals surface area contributed by atoms with Gasteiger partial charge in [-0.1, -0.05) is 43.7 Å². The first-order valence-electron chi connectivity index (χ1n) is 5.33. The molecule has 1 unspecified atom stereocenters. The molecule has 1 aromatic carbocycles. The summed E-state index contributed by atoms with van der Waals surface area (Å²) in [7, 11) is 0. The van der Waals surface area contributed by atoms with E-state index in [4.69, 9.17) is 0 Å². The topological polar surface area (TPSA) is 20.2 Å². The Hall–Kier alpha value is -0.820. The van der Waals surface area contributed by atoms with Crippen molar-refractivity contribution >= 4 is 0 Å². The highest BCUT2D eigenvalue weighted by molar-refractivity contribution is 5.22. The summed E-state index contributed by atoms with van der Waals surface area (Å²) in [6.07, 6.45) is 2.14. The standard InChI is InChI=1S/C13H20O/c1-4-8-12(13(2,3)14)11-9-6-5-7-10-11/h5-7,9-10,12,14H,4,8H2,1-3H3. The van der Waals surface area contributed by atoms with Crippen LogP contribution in [0.3, 0.4) is 0 Å². The lowest BCUT2D eigenvalue weighted by Crippen LogP contribution is -2.28. The van der Waals surface area contributed by atoms with Gasteiger partial charge in [0.05, 0.1) is 5.60 Å². The van der Waals surface area contributed by atoms with Gasteiger partial charge in [0.25, 0.3) is 0 Å². The lowest BCUT2D eigenvalue weighted by atomic mass is 9.82. The van der Waals surface area contributed by atoms with Crippen molar-refractivity contribution in [3.8, 4) is 0 Å². The summed E-state index contributed by atoms with van der Waals surface area (Å²) >= 11 is 0. The molecule has 0 spiro atoms. The van der Waals surface area contributed by atoms with E-state index in [0.717, 1.165) is 12.8 Å². The fourth-order valence-electron chi connectivity index (χ4n) is 1.90. The molecular weight excluding hydrogens is 172 g/mol. The van der Waals surface area contributed by atoms with E-state index in [0.29, 0.717) is 0 Å². The summed E-state index contributed by atoms with van der Waals surface area (Å²) in [5, 5.41) is 10.1. The minimum Gasteiger partial charge on any atom is -0.390 e. The number of rotatable bonds is 4. The van der Waals surface area contributed by atoms with Gasteiger partial charge in [0.1, 0.15) is 0 Å². The van der Waals surface area contributed by atoms with Crippen molar-refractivity contribution in [3.63, 3.8) is 0 Å². The van der Waals surface area contributed by atoms with Crippen LogP contribution in [0.2, 0.25) is 0 Å². The molecule has 0 fully saturated rings. The van der Waals surface area contributed by atoms with Gasteiger partial charge in [-0.3, -0.25) is 0 Å². The molecule has 78 valence electrons. The molecule has 0 aliphatic heterocycles. The summed E-state index contributed by atoms with van der Waals surface area (Å²) in [6.45, 7) is 5.93. The summed E-state index contributed by atoms with van der Waals surface area (Å²) in [5.41, 5.74) is 0.610. The monoisotopic (exact) mass is 192 g/mol. The van der Waals surface area contributed by atoms with Crippen molar-refractivity contribution in [3.05, 3.63) is 35.9 Å². The quantitative estimate of drug-likeness (QED) is 0.775. The highest BCUT2D eigenvalue weighted by Gasteiger charge is 2.26. The van der Waals surface area contributed by atoms with Crippen molar-refractivity contribution in [2.24, 2.45) is 0 Å². The number of hydrogen-bond donors (Lipinski definition) is 1. The SMILES string of the molecule is CCCC(c1ccccc1)C(C)(C)O. The molecule has 0 bridgehead atoms. The average molecular weight is 192 g/mol. The molecule has 1 aromatic rings. The van der Waals surface area contributed by atoms with Crippen LogP contribution in [0.5, 0.6) is 0 Å². The molecule has 0 radical (unpaired) electrons. The zero-order valence-corrected chi connectivity index (χ0v) is 9.33. The predicted octanol–water partition coefficient (Wildman–Crippen LogP) is 3.34. The first kappa shape index (κ1) is 11.3. The van der Waals surface area contributed by atoms with E-state index in [-0.39, 0.29) is 5.92 Å². The number of hydrogen-bond acceptors (Lipinski definition) is 1. The number of benzene rings is 1. The Balaban J connectivity index is 2.89. The predicted molar refractivity (Wildman–Crippen MR) is 60.4 cm³/mol. The smallest absolute Gasteiger partial charge is 0.0659 e. The summed E-state index contributed by atoms with van der Waals surface area (Å²) < 4.78 is 0. The van der Waals surface area contributed by atoms with E-state index < -0.39 is 5.60 Å². The van der Waals surface area contributed by atoms with Crippen LogP contribution in [0, 0.1) is 0 Å². The van der Waals surface area contributed by atoms with Gasteiger partial charge in [-0.2, -0.15) is 0 Å². The van der Waals surface area contributed by atoms with E-state index >= 15 is 0 Å². The first-order valence-corrected chi connectivity index (χ1v) is 5.33. The van der Waals surface area contributed by atoms with Gasteiger partial charge < -0.3 is 5.11 Å². The summed E-state index contributed by atoms with van der Waals surface area (Å²) in [5.74, 6) is 0.244. The lowest BCUT2D eigenvalue weighted by Gasteiger charge is -2.29. The third-order valence-corrected chi connectivity index (χ3v) is 2.63. The zero-order valence-electron chi connectivity index (χ0n) is 9.33. The normalized spacial score (nSPS) is 14.0. The van der Waals surface area contributed by atoms with Crippen LogP contribution in [0.1, 0.15) is 45.1 Å². The molecule has 0 aliphatic carbocycles. The van der Waals surface area contributed by atoms with Gasteiger partial charge in [0.15, 0.2) is 0 Å². The van der Waals surface area contributed by atoms with E-state index in [9.17, 15) is 5.11 Å². The fourth-order valence-corrected chi connectivity index (χ4v) is 1.90. The van der Waals surface area contributed by atoms with Crippen molar-refractivity contribution in [2.75, 3.05) is 0 Å². The Labute approximate surface area is 86.8 Å². The average Bonchev–Trinajstić information content (AvgIpc) is 2.14. The van der Waals surface area contributed by atoms with Gasteiger partial charge in [-0.15, -0.1) is 0 Å². The van der Waals surface area contributed by atoms with Crippen LogP contribution in [0.25, 0.3) is 0 Å². The Morgan fingerprint density at radius 3 is 2.21 bits per heavy atom. The Bertz CT molecular complexity index is 258. The van der Waals surface area contributed by atoms with E-state index in [1.165, 1.54) is 5.56 Å². The maximum Gasteiger partial charge on any atom is 0.0659 e. The minimum absolute atomic E-state index is 0.244. The second kappa shape index (κ2) is 4.61. The van der Waals surface area contributed by atoms with Crippen LogP contribution in [0.15, 0.2) is 30.3 Å². The molecule has 1 N–H and O–H groups in total. The fraction of sp³-hybridized carbons (Fsp3) is 0.538. The molecule has 0 heterocycles. The highest BCUT2D eigenvalue weighted by atomic mass is 16.3. The van der Waals surface area contributed by atoms with Gasteiger partial charge in [-0.05, 0) is 25.8 Å². The maximum atomic E-state index is 10.1. The molecule has 14 heavy (non-hydrogen) atoms. The van der Waals surface area contributed by atoms with Crippen molar-refractivity contribution in [2.45, 2.75) is 45.1 Å². The Morgan fingerprint density at radius 1 is 1.21 bits per heavy atom. The van der Waals surface area contributed by atoms with E-state index in [2.05, 4.69) is 19.1 Å². The van der Waals surface area contributed by atoms with E-state index in [1.807, 2.05) is 32.0 Å². The van der Waals surface area contributed by atoms with E-state index in [1.54, 1.807) is 0 Å². The van der Waals surface area contributed by atoms with Gasteiger partial charge in [0, 0.05) is 5.92 Å². The first-order chi connectivity index (χ1) is 6.55. The van der Waals surface area contributed by atoms with Crippen LogP contribution >= 0.6 is 0 Å². The molecule has 0 saturated carbocycles. The second-order valence-electron chi connectivity index (χ2n) is 4.41. The van der Waals surface area contributed by atoms with Crippen LogP contribution in [0.4, 0.5) is 0 Å². The van der Waals surface area contributed by atoms with Crippen LogP contribution < -0.4 is 0 Å². The molecule has 0 aliphatic rings. The molecule has 1 atom stereocenters. The minimum atomic E-state index is -0.628. The Kier molecular flexibility index (Phi) is 3.70. The Morgan fingerprint density at radius 2 is 1.79 bits per heavy atom. The zero-order chi connectivity index (χ0) is 10.6. The van der Waals surface area contributed by atoms with Crippen molar-refractivity contribution in [1.82, 2.24) is 0 Å². The van der Waals surface area contributed by atoms with Gasteiger partial charge in [0.2, 0.25) is 0 Å². The third kappa shape index (κ3) is 2.85. The molecule has 0 saturated heterocycles. The van der Waals surface area contributed by atoms with Crippen LogP contribution in [-0.2, 0) is 0 Å². The van der Waals surface area contributed by atoms with Crippen molar-refractivity contribution in [1.29, 1.82) is 0 Å². The molecular formula is C13H20O. The number of aliphatic hydroxyl groups is 1. The molecule has 1 nitrogen and oxygen atoms in total. The lowest BCUT2D eigenvalue weighted by molar-refractivity contribution is 0.0463. The van der Waals surface area contributed by atoms with Crippen molar-refractivity contribution < 1.29 is 5.11 Å². The second-order valence-corrected chi connectivity index (χ2v) is 4.41. The summed E-state index contributed by atoms with van der Waals surface area (Å²) in [6, 6.07) is 10.3. The van der Waals surface area contributed by atoms with Crippen LogP contribution in [-0.4, -0.2) is 10.7 Å². The third-order valence-electron chi connectivity index (χ3n) is 2.63.